The average Bonchev–Trinajstić information content (AvgIpc) is 2.51. The average molecular weight is 357 g/mol. The first-order valence-corrected chi connectivity index (χ1v) is 7.35. The summed E-state index contributed by atoms with van der Waals surface area (Å²) in [6.45, 7) is 1.68. The molecule has 0 unspecified atom stereocenters. The standard InChI is InChI=1S/C16H15BrF2O2/c1-2-15(20)10-3-5-11(6-4-10)21-9-12-14(18)8-7-13(17)16(12)19/h3-8,15,20H,2,9H2,1H3/t15-/m0/s1. The monoisotopic (exact) mass is 356 g/mol. The second kappa shape index (κ2) is 7.00. The molecule has 0 radical (unpaired) electrons. The van der Waals surface area contributed by atoms with Crippen molar-refractivity contribution >= 4 is 15.9 Å². The molecule has 0 amide bonds. The first kappa shape index (κ1) is 15.9. The number of hydrogen-bond acceptors (Lipinski definition) is 2. The Bertz CT molecular complexity index is 614. The molecule has 2 aromatic carbocycles. The summed E-state index contributed by atoms with van der Waals surface area (Å²) in [6.07, 6.45) is 0.105. The van der Waals surface area contributed by atoms with Crippen LogP contribution in [0, 0.1) is 11.6 Å². The van der Waals surface area contributed by atoms with Gasteiger partial charge in [0.2, 0.25) is 0 Å². The molecule has 0 heterocycles. The van der Waals surface area contributed by atoms with Gasteiger partial charge in [-0.3, -0.25) is 0 Å². The highest BCUT2D eigenvalue weighted by Crippen LogP contribution is 2.24. The van der Waals surface area contributed by atoms with Crippen molar-refractivity contribution in [1.82, 2.24) is 0 Å². The largest absolute Gasteiger partial charge is 0.489 e. The molecule has 2 nitrogen and oxygen atoms in total. The van der Waals surface area contributed by atoms with Crippen LogP contribution in [0.1, 0.15) is 30.6 Å². The maximum absolute atomic E-state index is 13.8. The van der Waals surface area contributed by atoms with Crippen LogP contribution in [0.2, 0.25) is 0 Å². The van der Waals surface area contributed by atoms with Crippen molar-refractivity contribution in [3.63, 3.8) is 0 Å². The van der Waals surface area contributed by atoms with Gasteiger partial charge in [0.15, 0.2) is 0 Å². The topological polar surface area (TPSA) is 29.5 Å². The van der Waals surface area contributed by atoms with Crippen LogP contribution in [-0.4, -0.2) is 5.11 Å². The lowest BCUT2D eigenvalue weighted by Gasteiger charge is -2.11. The fourth-order valence-corrected chi connectivity index (χ4v) is 2.25. The van der Waals surface area contributed by atoms with Crippen LogP contribution in [-0.2, 0) is 6.61 Å². The molecule has 2 aromatic rings. The number of aliphatic hydroxyl groups is 1. The summed E-state index contributed by atoms with van der Waals surface area (Å²) in [6, 6.07) is 9.31. The van der Waals surface area contributed by atoms with Gasteiger partial charge in [0.1, 0.15) is 24.0 Å². The molecule has 0 aromatic heterocycles. The fraction of sp³-hybridized carbons (Fsp3) is 0.250. The van der Waals surface area contributed by atoms with Gasteiger partial charge in [-0.15, -0.1) is 0 Å². The molecule has 2 rings (SSSR count). The van der Waals surface area contributed by atoms with E-state index < -0.39 is 17.7 Å². The predicted octanol–water partition coefficient (Wildman–Crippen LogP) is 4.75. The van der Waals surface area contributed by atoms with E-state index in [4.69, 9.17) is 4.74 Å². The Hall–Kier alpha value is -1.46. The minimum Gasteiger partial charge on any atom is -0.489 e. The highest BCUT2D eigenvalue weighted by atomic mass is 79.9. The van der Waals surface area contributed by atoms with E-state index in [-0.39, 0.29) is 16.6 Å². The third kappa shape index (κ3) is 3.80. The third-order valence-corrected chi connectivity index (χ3v) is 3.79. The van der Waals surface area contributed by atoms with Gasteiger partial charge in [-0.2, -0.15) is 0 Å². The zero-order chi connectivity index (χ0) is 15.4. The summed E-state index contributed by atoms with van der Waals surface area (Å²) < 4.78 is 32.9. The molecule has 5 heteroatoms. The highest BCUT2D eigenvalue weighted by Gasteiger charge is 2.13. The maximum atomic E-state index is 13.8. The lowest BCUT2D eigenvalue weighted by molar-refractivity contribution is 0.173. The Morgan fingerprint density at radius 1 is 1.14 bits per heavy atom. The summed E-state index contributed by atoms with van der Waals surface area (Å²) in [5.41, 5.74) is 0.659. The molecule has 0 saturated heterocycles. The van der Waals surface area contributed by atoms with E-state index in [2.05, 4.69) is 15.9 Å². The van der Waals surface area contributed by atoms with Gasteiger partial charge in [0, 0.05) is 0 Å². The van der Waals surface area contributed by atoms with Crippen molar-refractivity contribution in [2.24, 2.45) is 0 Å². The van der Waals surface area contributed by atoms with Gasteiger partial charge in [0.25, 0.3) is 0 Å². The van der Waals surface area contributed by atoms with E-state index in [1.54, 1.807) is 24.3 Å². The van der Waals surface area contributed by atoms with Gasteiger partial charge in [-0.25, -0.2) is 8.78 Å². The number of rotatable bonds is 5. The van der Waals surface area contributed by atoms with Crippen molar-refractivity contribution in [3.8, 4) is 5.75 Å². The number of aliphatic hydroxyl groups excluding tert-OH is 1. The lowest BCUT2D eigenvalue weighted by Crippen LogP contribution is -2.03. The summed E-state index contributed by atoms with van der Waals surface area (Å²) in [4.78, 5) is 0. The molecule has 0 aliphatic rings. The van der Waals surface area contributed by atoms with Crippen LogP contribution in [0.25, 0.3) is 0 Å². The van der Waals surface area contributed by atoms with Crippen molar-refractivity contribution in [1.29, 1.82) is 0 Å². The van der Waals surface area contributed by atoms with E-state index in [9.17, 15) is 13.9 Å². The molecule has 0 aliphatic heterocycles. The Morgan fingerprint density at radius 3 is 2.43 bits per heavy atom. The van der Waals surface area contributed by atoms with Gasteiger partial charge in [-0.1, -0.05) is 19.1 Å². The minimum atomic E-state index is -0.659. The van der Waals surface area contributed by atoms with Crippen LogP contribution in [0.3, 0.4) is 0 Å². The maximum Gasteiger partial charge on any atom is 0.146 e. The van der Waals surface area contributed by atoms with Crippen molar-refractivity contribution in [2.45, 2.75) is 26.1 Å². The SMILES string of the molecule is CC[C@H](O)c1ccc(OCc2c(F)ccc(Br)c2F)cc1. The van der Waals surface area contributed by atoms with E-state index >= 15 is 0 Å². The first-order chi connectivity index (χ1) is 10.0. The Labute approximate surface area is 130 Å². The number of halogens is 3. The third-order valence-electron chi connectivity index (χ3n) is 3.17. The lowest BCUT2D eigenvalue weighted by atomic mass is 10.1. The molecule has 112 valence electrons. The summed E-state index contributed by atoms with van der Waals surface area (Å²) in [7, 11) is 0. The molecular formula is C16H15BrF2O2. The Morgan fingerprint density at radius 2 is 1.81 bits per heavy atom. The van der Waals surface area contributed by atoms with Crippen molar-refractivity contribution in [3.05, 3.63) is 63.6 Å². The Kier molecular flexibility index (Phi) is 5.31. The zero-order valence-corrected chi connectivity index (χ0v) is 13.0. The van der Waals surface area contributed by atoms with Crippen molar-refractivity contribution < 1.29 is 18.6 Å². The summed E-state index contributed by atoms with van der Waals surface area (Å²) >= 11 is 3.01. The van der Waals surface area contributed by atoms with Crippen molar-refractivity contribution in [2.75, 3.05) is 0 Å². The highest BCUT2D eigenvalue weighted by molar-refractivity contribution is 9.10. The molecular weight excluding hydrogens is 342 g/mol. The molecule has 0 saturated carbocycles. The molecule has 0 fully saturated rings. The molecule has 0 aliphatic carbocycles. The van der Waals surface area contributed by atoms with Crippen LogP contribution in [0.4, 0.5) is 8.78 Å². The van der Waals surface area contributed by atoms with Gasteiger partial charge >= 0.3 is 0 Å². The van der Waals surface area contributed by atoms with Crippen LogP contribution < -0.4 is 4.74 Å². The van der Waals surface area contributed by atoms with Crippen LogP contribution in [0.5, 0.6) is 5.75 Å². The molecule has 0 bridgehead atoms. The zero-order valence-electron chi connectivity index (χ0n) is 11.4. The second-order valence-electron chi connectivity index (χ2n) is 4.60. The first-order valence-electron chi connectivity index (χ1n) is 6.56. The normalized spacial score (nSPS) is 12.2. The number of hydrogen-bond donors (Lipinski definition) is 1. The minimum absolute atomic E-state index is 0.123. The quantitative estimate of drug-likeness (QED) is 0.783. The molecule has 1 atom stereocenters. The predicted molar refractivity (Wildman–Crippen MR) is 80.1 cm³/mol. The summed E-state index contributed by atoms with van der Waals surface area (Å²) in [5.74, 6) is -0.817. The smallest absolute Gasteiger partial charge is 0.146 e. The van der Waals surface area contributed by atoms with E-state index in [1.807, 2.05) is 6.92 Å². The van der Waals surface area contributed by atoms with E-state index in [0.29, 0.717) is 12.2 Å². The van der Waals surface area contributed by atoms with Gasteiger partial charge < -0.3 is 9.84 Å². The molecule has 0 spiro atoms. The number of benzene rings is 2. The number of ether oxygens (including phenoxy) is 1. The van der Waals surface area contributed by atoms with E-state index in [0.717, 1.165) is 5.56 Å². The van der Waals surface area contributed by atoms with Crippen LogP contribution in [0.15, 0.2) is 40.9 Å². The Balaban J connectivity index is 2.08. The second-order valence-corrected chi connectivity index (χ2v) is 5.46. The van der Waals surface area contributed by atoms with Crippen LogP contribution >= 0.6 is 15.9 Å². The van der Waals surface area contributed by atoms with E-state index in [1.165, 1.54) is 12.1 Å². The van der Waals surface area contributed by atoms with Gasteiger partial charge in [0.05, 0.1) is 16.1 Å². The molecule has 21 heavy (non-hydrogen) atoms. The van der Waals surface area contributed by atoms with Gasteiger partial charge in [-0.05, 0) is 52.2 Å². The summed E-state index contributed by atoms with van der Waals surface area (Å²) in [5, 5.41) is 9.69. The molecule has 1 N–H and O–H groups in total. The fourth-order valence-electron chi connectivity index (χ4n) is 1.88.